The maximum absolute atomic E-state index is 11.9. The molecule has 2 rings (SSSR count). The van der Waals surface area contributed by atoms with Gasteiger partial charge in [0.1, 0.15) is 11.5 Å². The summed E-state index contributed by atoms with van der Waals surface area (Å²) in [5.74, 6) is 0.913. The predicted molar refractivity (Wildman–Crippen MR) is 58.8 cm³/mol. The van der Waals surface area contributed by atoms with Crippen molar-refractivity contribution in [3.63, 3.8) is 0 Å². The Hall–Kier alpha value is -1.52. The fourth-order valence-corrected chi connectivity index (χ4v) is 1.68. The van der Waals surface area contributed by atoms with Gasteiger partial charge in [-0.05, 0) is 20.8 Å². The lowest BCUT2D eigenvalue weighted by molar-refractivity contribution is -0.123. The normalized spacial score (nSPS) is 18.8. The van der Waals surface area contributed by atoms with Gasteiger partial charge in [0.25, 0.3) is 0 Å². The summed E-state index contributed by atoms with van der Waals surface area (Å²) in [5, 5.41) is 10.4. The van der Waals surface area contributed by atoms with Crippen LogP contribution in [0.15, 0.2) is 0 Å². The van der Waals surface area contributed by atoms with E-state index in [4.69, 9.17) is 0 Å². The Bertz CT molecular complexity index is 419. The number of amides is 1. The number of carbonyl (C=O) groups excluding carboxylic acids is 1. The quantitative estimate of drug-likeness (QED) is 0.671. The van der Waals surface area contributed by atoms with Crippen LogP contribution in [0.1, 0.15) is 19.5 Å². The third kappa shape index (κ3) is 1.48. The molecule has 2 heterocycles. The van der Waals surface area contributed by atoms with E-state index < -0.39 is 5.41 Å². The van der Waals surface area contributed by atoms with Gasteiger partial charge in [0.05, 0.1) is 11.1 Å². The molecule has 5 nitrogen and oxygen atoms in total. The number of aromatic nitrogens is 2. The summed E-state index contributed by atoms with van der Waals surface area (Å²) in [6.07, 6.45) is 0. The third-order valence-corrected chi connectivity index (χ3v) is 2.77. The highest BCUT2D eigenvalue weighted by atomic mass is 16.2. The Morgan fingerprint density at radius 3 is 2.80 bits per heavy atom. The Morgan fingerprint density at radius 2 is 2.13 bits per heavy atom. The van der Waals surface area contributed by atoms with Crippen molar-refractivity contribution >= 4 is 17.4 Å². The van der Waals surface area contributed by atoms with Gasteiger partial charge in [-0.3, -0.25) is 9.48 Å². The van der Waals surface area contributed by atoms with E-state index in [9.17, 15) is 4.79 Å². The van der Waals surface area contributed by atoms with Crippen LogP contribution in [0.3, 0.4) is 0 Å². The highest BCUT2D eigenvalue weighted by Crippen LogP contribution is 2.31. The standard InChI is InChI=1S/C10H16N4O/c1-6-7-8(14(4)13-6)11-5-10(2,3)9(15)12-7/h11H,5H2,1-4H3,(H,12,15). The molecule has 0 saturated heterocycles. The van der Waals surface area contributed by atoms with Crippen LogP contribution in [-0.2, 0) is 11.8 Å². The molecule has 0 fully saturated rings. The number of hydrogen-bond donors (Lipinski definition) is 2. The van der Waals surface area contributed by atoms with Crippen molar-refractivity contribution in [2.75, 3.05) is 17.2 Å². The molecule has 0 aliphatic carbocycles. The van der Waals surface area contributed by atoms with Crippen molar-refractivity contribution in [3.05, 3.63) is 5.69 Å². The predicted octanol–water partition coefficient (Wildman–Crippen LogP) is 1.12. The van der Waals surface area contributed by atoms with Crippen LogP contribution < -0.4 is 10.6 Å². The summed E-state index contributed by atoms with van der Waals surface area (Å²) in [5.41, 5.74) is 1.24. The van der Waals surface area contributed by atoms with E-state index in [-0.39, 0.29) is 5.91 Å². The lowest BCUT2D eigenvalue weighted by atomic mass is 9.93. The summed E-state index contributed by atoms with van der Waals surface area (Å²) in [4.78, 5) is 11.9. The highest BCUT2D eigenvalue weighted by molar-refractivity contribution is 5.99. The van der Waals surface area contributed by atoms with Gasteiger partial charge in [0.15, 0.2) is 0 Å². The largest absolute Gasteiger partial charge is 0.367 e. The van der Waals surface area contributed by atoms with E-state index in [1.54, 1.807) is 4.68 Å². The summed E-state index contributed by atoms with van der Waals surface area (Å²) in [6, 6.07) is 0. The van der Waals surface area contributed by atoms with Crippen LogP contribution in [0, 0.1) is 12.3 Å². The van der Waals surface area contributed by atoms with Crippen LogP contribution in [-0.4, -0.2) is 22.2 Å². The second-order valence-corrected chi connectivity index (χ2v) is 4.62. The Morgan fingerprint density at radius 1 is 1.47 bits per heavy atom. The van der Waals surface area contributed by atoms with Crippen molar-refractivity contribution in [1.82, 2.24) is 9.78 Å². The van der Waals surface area contributed by atoms with E-state index in [1.807, 2.05) is 27.8 Å². The monoisotopic (exact) mass is 208 g/mol. The maximum atomic E-state index is 11.9. The molecule has 2 N–H and O–H groups in total. The zero-order chi connectivity index (χ0) is 11.2. The molecule has 1 aliphatic rings. The van der Waals surface area contributed by atoms with Gasteiger partial charge in [-0.15, -0.1) is 0 Å². The minimum atomic E-state index is -0.397. The molecule has 0 spiro atoms. The van der Waals surface area contributed by atoms with Crippen molar-refractivity contribution in [3.8, 4) is 0 Å². The van der Waals surface area contributed by atoms with Crippen LogP contribution in [0.2, 0.25) is 0 Å². The van der Waals surface area contributed by atoms with Gasteiger partial charge < -0.3 is 10.6 Å². The fraction of sp³-hybridized carbons (Fsp3) is 0.600. The summed E-state index contributed by atoms with van der Waals surface area (Å²) in [6.45, 7) is 6.35. The minimum Gasteiger partial charge on any atom is -0.367 e. The van der Waals surface area contributed by atoms with Crippen LogP contribution >= 0.6 is 0 Å². The van der Waals surface area contributed by atoms with Gasteiger partial charge >= 0.3 is 0 Å². The topological polar surface area (TPSA) is 59.0 Å². The molecule has 0 unspecified atom stereocenters. The first-order chi connectivity index (χ1) is 6.92. The molecular formula is C10H16N4O. The first-order valence-corrected chi connectivity index (χ1v) is 5.01. The number of nitrogens with one attached hydrogen (secondary N) is 2. The molecule has 82 valence electrons. The smallest absolute Gasteiger partial charge is 0.231 e. The molecule has 0 radical (unpaired) electrons. The average Bonchev–Trinajstić information content (AvgIpc) is 2.31. The zero-order valence-corrected chi connectivity index (χ0v) is 9.51. The van der Waals surface area contributed by atoms with E-state index >= 15 is 0 Å². The first-order valence-electron chi connectivity index (χ1n) is 5.01. The molecule has 1 amide bonds. The Labute approximate surface area is 88.8 Å². The molecule has 0 aromatic carbocycles. The minimum absolute atomic E-state index is 0.0323. The number of anilines is 2. The van der Waals surface area contributed by atoms with Crippen molar-refractivity contribution in [2.45, 2.75) is 20.8 Å². The molecule has 1 aliphatic heterocycles. The lowest BCUT2D eigenvalue weighted by Crippen LogP contribution is -2.34. The SMILES string of the molecule is Cc1nn(C)c2c1NC(=O)C(C)(C)CN2. The summed E-state index contributed by atoms with van der Waals surface area (Å²) >= 11 is 0. The van der Waals surface area contributed by atoms with Gasteiger partial charge in [0.2, 0.25) is 5.91 Å². The van der Waals surface area contributed by atoms with Crippen LogP contribution in [0.5, 0.6) is 0 Å². The lowest BCUT2D eigenvalue weighted by Gasteiger charge is -2.20. The van der Waals surface area contributed by atoms with E-state index in [1.165, 1.54) is 0 Å². The molecule has 1 aromatic heterocycles. The van der Waals surface area contributed by atoms with Crippen molar-refractivity contribution in [1.29, 1.82) is 0 Å². The average molecular weight is 208 g/mol. The number of nitrogens with zero attached hydrogens (tertiary/aromatic N) is 2. The summed E-state index contributed by atoms with van der Waals surface area (Å²) in [7, 11) is 1.86. The fourth-order valence-electron chi connectivity index (χ4n) is 1.68. The molecule has 15 heavy (non-hydrogen) atoms. The highest BCUT2D eigenvalue weighted by Gasteiger charge is 2.32. The molecule has 0 saturated carbocycles. The third-order valence-electron chi connectivity index (χ3n) is 2.77. The van der Waals surface area contributed by atoms with Crippen LogP contribution in [0.4, 0.5) is 11.5 Å². The van der Waals surface area contributed by atoms with Gasteiger partial charge in [0, 0.05) is 13.6 Å². The summed E-state index contributed by atoms with van der Waals surface area (Å²) < 4.78 is 1.76. The number of carbonyl (C=O) groups is 1. The first kappa shape index (κ1) is 10.0. The second-order valence-electron chi connectivity index (χ2n) is 4.62. The van der Waals surface area contributed by atoms with Crippen LogP contribution in [0.25, 0.3) is 0 Å². The van der Waals surface area contributed by atoms with Crippen molar-refractivity contribution < 1.29 is 4.79 Å². The molecule has 1 aromatic rings. The van der Waals surface area contributed by atoms with E-state index in [0.717, 1.165) is 17.2 Å². The zero-order valence-electron chi connectivity index (χ0n) is 9.51. The van der Waals surface area contributed by atoms with E-state index in [0.29, 0.717) is 6.54 Å². The van der Waals surface area contributed by atoms with Gasteiger partial charge in [-0.2, -0.15) is 5.10 Å². The number of rotatable bonds is 0. The van der Waals surface area contributed by atoms with Gasteiger partial charge in [-0.1, -0.05) is 0 Å². The molecular weight excluding hydrogens is 192 g/mol. The Balaban J connectivity index is 2.46. The maximum Gasteiger partial charge on any atom is 0.231 e. The number of fused-ring (bicyclic) bond motifs is 1. The molecule has 0 atom stereocenters. The van der Waals surface area contributed by atoms with Gasteiger partial charge in [-0.25, -0.2) is 0 Å². The number of aryl methyl sites for hydroxylation is 2. The van der Waals surface area contributed by atoms with E-state index in [2.05, 4.69) is 15.7 Å². The number of hydrogen-bond acceptors (Lipinski definition) is 3. The Kier molecular flexibility index (Phi) is 1.99. The molecule has 5 heteroatoms. The second kappa shape index (κ2) is 2.98. The van der Waals surface area contributed by atoms with Crippen molar-refractivity contribution in [2.24, 2.45) is 12.5 Å². The molecule has 0 bridgehead atoms.